The summed E-state index contributed by atoms with van der Waals surface area (Å²) in [5, 5.41) is 7.03. The van der Waals surface area contributed by atoms with Crippen molar-refractivity contribution in [2.24, 2.45) is 0 Å². The molecule has 1 heterocycles. The fourth-order valence-corrected chi connectivity index (χ4v) is 2.78. The van der Waals surface area contributed by atoms with Crippen LogP contribution in [0.5, 0.6) is 5.88 Å². The van der Waals surface area contributed by atoms with Crippen LogP contribution in [0.25, 0.3) is 5.69 Å². The monoisotopic (exact) mass is 441 g/mol. The average Bonchev–Trinajstić information content (AvgIpc) is 2.67. The molecule has 1 aromatic heterocycles. The van der Waals surface area contributed by atoms with Crippen LogP contribution in [0.3, 0.4) is 0 Å². The number of carbonyl (C=O) groups excluding carboxylic acids is 1. The normalized spacial score (nSPS) is 11.7. The molecule has 0 saturated carbocycles. The highest BCUT2D eigenvalue weighted by atomic mass is 79.9. The zero-order valence-electron chi connectivity index (χ0n) is 15.8. The molecule has 0 aliphatic rings. The molecule has 0 saturated heterocycles. The summed E-state index contributed by atoms with van der Waals surface area (Å²) in [7, 11) is 0. The number of anilines is 1. The molecule has 1 atom stereocenters. The predicted molar refractivity (Wildman–Crippen MR) is 112 cm³/mol. The zero-order valence-corrected chi connectivity index (χ0v) is 17.4. The third-order valence-corrected chi connectivity index (χ3v) is 4.82. The first kappa shape index (κ1) is 19.8. The van der Waals surface area contributed by atoms with Gasteiger partial charge < -0.3 is 10.1 Å². The van der Waals surface area contributed by atoms with Crippen molar-refractivity contribution in [3.63, 3.8) is 0 Å². The van der Waals surface area contributed by atoms with Gasteiger partial charge in [-0.15, -0.1) is 5.10 Å². The maximum absolute atomic E-state index is 12.4. The molecular formula is C21H20BrN3O3. The topological polar surface area (TPSA) is 73.2 Å². The number of nitrogens with one attached hydrogen (secondary N) is 1. The van der Waals surface area contributed by atoms with Gasteiger partial charge in [-0.25, -0.2) is 0 Å². The SMILES string of the molecule is Cc1ccc(-n2nc(O[C@@H](C)C(=O)Nc3ccc(Br)cc3)ccc2=O)cc1C. The number of amides is 1. The van der Waals surface area contributed by atoms with E-state index in [1.54, 1.807) is 19.1 Å². The first-order chi connectivity index (χ1) is 13.3. The van der Waals surface area contributed by atoms with Crippen molar-refractivity contribution >= 4 is 27.5 Å². The molecule has 2 aromatic carbocycles. The molecule has 0 unspecified atom stereocenters. The van der Waals surface area contributed by atoms with E-state index in [1.807, 2.05) is 44.2 Å². The predicted octanol–water partition coefficient (Wildman–Crippen LogP) is 4.02. The van der Waals surface area contributed by atoms with Crippen LogP contribution < -0.4 is 15.6 Å². The molecule has 0 bridgehead atoms. The Labute approximate surface area is 171 Å². The van der Waals surface area contributed by atoms with Crippen LogP contribution in [-0.4, -0.2) is 21.8 Å². The number of hydrogen-bond acceptors (Lipinski definition) is 4. The molecule has 0 fully saturated rings. The van der Waals surface area contributed by atoms with Crippen molar-refractivity contribution in [2.45, 2.75) is 26.9 Å². The molecule has 7 heteroatoms. The average molecular weight is 442 g/mol. The highest BCUT2D eigenvalue weighted by Gasteiger charge is 2.16. The minimum atomic E-state index is -0.790. The summed E-state index contributed by atoms with van der Waals surface area (Å²) >= 11 is 3.35. The number of halogens is 1. The molecule has 1 amide bonds. The van der Waals surface area contributed by atoms with E-state index in [4.69, 9.17) is 4.74 Å². The van der Waals surface area contributed by atoms with Gasteiger partial charge in [-0.1, -0.05) is 22.0 Å². The third-order valence-electron chi connectivity index (χ3n) is 4.29. The van der Waals surface area contributed by atoms with Gasteiger partial charge in [0.1, 0.15) is 0 Å². The second-order valence-corrected chi connectivity index (χ2v) is 7.36. The van der Waals surface area contributed by atoms with E-state index in [0.29, 0.717) is 11.4 Å². The summed E-state index contributed by atoms with van der Waals surface area (Å²) in [6.07, 6.45) is -0.790. The van der Waals surface area contributed by atoms with Gasteiger partial charge in [0.25, 0.3) is 11.5 Å². The van der Waals surface area contributed by atoms with Crippen LogP contribution in [0.1, 0.15) is 18.1 Å². The number of benzene rings is 2. The summed E-state index contributed by atoms with van der Waals surface area (Å²) in [6.45, 7) is 5.60. The Kier molecular flexibility index (Phi) is 5.94. The second-order valence-electron chi connectivity index (χ2n) is 6.45. The standard InChI is InChI=1S/C21H20BrN3O3/c1-13-4-9-18(12-14(13)2)25-20(26)11-10-19(24-25)28-15(3)21(27)23-17-7-5-16(22)6-8-17/h4-12,15H,1-3H3,(H,23,27)/t15-/m0/s1. The van der Waals surface area contributed by atoms with Crippen molar-refractivity contribution in [3.8, 4) is 11.6 Å². The lowest BCUT2D eigenvalue weighted by Gasteiger charge is -2.15. The van der Waals surface area contributed by atoms with E-state index >= 15 is 0 Å². The van der Waals surface area contributed by atoms with Gasteiger partial charge in [0.15, 0.2) is 6.10 Å². The largest absolute Gasteiger partial charge is 0.463 e. The first-order valence-electron chi connectivity index (χ1n) is 8.74. The lowest BCUT2D eigenvalue weighted by atomic mass is 10.1. The van der Waals surface area contributed by atoms with Gasteiger partial charge in [0.05, 0.1) is 5.69 Å². The number of rotatable bonds is 5. The number of ether oxygens (including phenoxy) is 1. The van der Waals surface area contributed by atoms with Gasteiger partial charge in [0.2, 0.25) is 5.88 Å². The minimum Gasteiger partial charge on any atom is -0.463 e. The third kappa shape index (κ3) is 4.67. The Hall–Kier alpha value is -2.93. The van der Waals surface area contributed by atoms with E-state index in [1.165, 1.54) is 16.8 Å². The van der Waals surface area contributed by atoms with Crippen LogP contribution in [0.2, 0.25) is 0 Å². The molecule has 1 N–H and O–H groups in total. The molecule has 0 aliphatic heterocycles. The highest BCUT2D eigenvalue weighted by Crippen LogP contribution is 2.16. The van der Waals surface area contributed by atoms with Gasteiger partial charge in [0, 0.05) is 22.3 Å². The molecule has 0 aliphatic carbocycles. The fraction of sp³-hybridized carbons (Fsp3) is 0.190. The molecule has 6 nitrogen and oxygen atoms in total. The first-order valence-corrected chi connectivity index (χ1v) is 9.54. The molecule has 0 radical (unpaired) electrons. The lowest BCUT2D eigenvalue weighted by Crippen LogP contribution is -2.31. The summed E-state index contributed by atoms with van der Waals surface area (Å²) in [5.41, 5.74) is 3.21. The number of carbonyl (C=O) groups is 1. The highest BCUT2D eigenvalue weighted by molar-refractivity contribution is 9.10. The van der Waals surface area contributed by atoms with Crippen LogP contribution >= 0.6 is 15.9 Å². The van der Waals surface area contributed by atoms with E-state index in [-0.39, 0.29) is 17.3 Å². The van der Waals surface area contributed by atoms with E-state index in [0.717, 1.165) is 15.6 Å². The number of nitrogens with zero attached hydrogens (tertiary/aromatic N) is 2. The number of hydrogen-bond donors (Lipinski definition) is 1. The van der Waals surface area contributed by atoms with Crippen LogP contribution in [0.15, 0.2) is 63.9 Å². The summed E-state index contributed by atoms with van der Waals surface area (Å²) < 4.78 is 7.84. The Morgan fingerprint density at radius 3 is 2.46 bits per heavy atom. The number of aromatic nitrogens is 2. The van der Waals surface area contributed by atoms with E-state index in [2.05, 4.69) is 26.3 Å². The minimum absolute atomic E-state index is 0.191. The summed E-state index contributed by atoms with van der Waals surface area (Å²) in [6, 6.07) is 15.7. The van der Waals surface area contributed by atoms with Gasteiger partial charge in [-0.2, -0.15) is 4.68 Å². The second kappa shape index (κ2) is 8.39. The molecule has 144 valence electrons. The quantitative estimate of drug-likeness (QED) is 0.648. The molecule has 28 heavy (non-hydrogen) atoms. The maximum atomic E-state index is 12.4. The van der Waals surface area contributed by atoms with Crippen molar-refractivity contribution in [3.05, 3.63) is 80.6 Å². The molecule has 0 spiro atoms. The van der Waals surface area contributed by atoms with E-state index < -0.39 is 6.10 Å². The number of aryl methyl sites for hydroxylation is 2. The van der Waals surface area contributed by atoms with Gasteiger partial charge >= 0.3 is 0 Å². The lowest BCUT2D eigenvalue weighted by molar-refractivity contribution is -0.122. The summed E-state index contributed by atoms with van der Waals surface area (Å²) in [4.78, 5) is 24.6. The van der Waals surface area contributed by atoms with Crippen molar-refractivity contribution in [2.75, 3.05) is 5.32 Å². The van der Waals surface area contributed by atoms with Crippen molar-refractivity contribution in [1.29, 1.82) is 0 Å². The molecular weight excluding hydrogens is 422 g/mol. The van der Waals surface area contributed by atoms with E-state index in [9.17, 15) is 9.59 Å². The maximum Gasteiger partial charge on any atom is 0.271 e. The Morgan fingerprint density at radius 1 is 1.07 bits per heavy atom. The fourth-order valence-electron chi connectivity index (χ4n) is 2.51. The van der Waals surface area contributed by atoms with Crippen LogP contribution in [0, 0.1) is 13.8 Å². The van der Waals surface area contributed by atoms with Crippen LogP contribution in [-0.2, 0) is 4.79 Å². The zero-order chi connectivity index (χ0) is 20.3. The Balaban J connectivity index is 1.76. The van der Waals surface area contributed by atoms with Crippen molar-refractivity contribution < 1.29 is 9.53 Å². The van der Waals surface area contributed by atoms with Gasteiger partial charge in [-0.05, 0) is 68.3 Å². The van der Waals surface area contributed by atoms with Crippen molar-refractivity contribution in [1.82, 2.24) is 9.78 Å². The smallest absolute Gasteiger partial charge is 0.271 e. The molecule has 3 aromatic rings. The summed E-state index contributed by atoms with van der Waals surface area (Å²) in [5.74, 6) is -0.121. The molecule has 3 rings (SSSR count). The Bertz CT molecular complexity index is 1060. The van der Waals surface area contributed by atoms with Crippen LogP contribution in [0.4, 0.5) is 5.69 Å². The van der Waals surface area contributed by atoms with Gasteiger partial charge in [-0.3, -0.25) is 9.59 Å². The Morgan fingerprint density at radius 2 is 1.79 bits per heavy atom.